The molecule has 0 saturated carbocycles. The molecule has 0 bridgehead atoms. The predicted octanol–water partition coefficient (Wildman–Crippen LogP) is 1.29. The van der Waals surface area contributed by atoms with Crippen LogP contribution in [0.25, 0.3) is 0 Å². The van der Waals surface area contributed by atoms with Crippen molar-refractivity contribution < 1.29 is 15.1 Å². The molecular weight excluding hydrogens is 236 g/mol. The Labute approximate surface area is 106 Å². The van der Waals surface area contributed by atoms with E-state index in [1.165, 1.54) is 6.07 Å². The highest BCUT2D eigenvalue weighted by Gasteiger charge is 2.24. The number of nitro groups is 1. The highest BCUT2D eigenvalue weighted by Crippen LogP contribution is 2.28. The zero-order chi connectivity index (χ0) is 13.9. The van der Waals surface area contributed by atoms with Crippen LogP contribution in [0.1, 0.15) is 19.4 Å². The summed E-state index contributed by atoms with van der Waals surface area (Å²) in [4.78, 5) is 12.0. The van der Waals surface area contributed by atoms with Gasteiger partial charge in [-0.15, -0.1) is 0 Å². The standard InChI is InChI=1S/C12H18N2O4/c1-12(2,8-16)13(3)10-4-5-11(14(17)18)9(6-10)7-15/h4-6,15-16H,7-8H2,1-3H3. The van der Waals surface area contributed by atoms with Gasteiger partial charge in [-0.3, -0.25) is 10.1 Å². The SMILES string of the molecule is CN(c1ccc([N+](=O)[O-])c(CO)c1)C(C)(C)CO. The van der Waals surface area contributed by atoms with Crippen LogP contribution in [-0.2, 0) is 6.61 Å². The van der Waals surface area contributed by atoms with E-state index < -0.39 is 17.1 Å². The molecule has 0 unspecified atom stereocenters. The number of nitrogens with zero attached hydrogens (tertiary/aromatic N) is 2. The van der Waals surface area contributed by atoms with Crippen molar-refractivity contribution >= 4 is 11.4 Å². The normalized spacial score (nSPS) is 11.4. The minimum Gasteiger partial charge on any atom is -0.394 e. The highest BCUT2D eigenvalue weighted by molar-refractivity contribution is 5.56. The summed E-state index contributed by atoms with van der Waals surface area (Å²) in [7, 11) is 1.79. The molecule has 0 aliphatic heterocycles. The Balaban J connectivity index is 3.17. The van der Waals surface area contributed by atoms with Gasteiger partial charge in [-0.05, 0) is 26.0 Å². The topological polar surface area (TPSA) is 86.8 Å². The quantitative estimate of drug-likeness (QED) is 0.610. The summed E-state index contributed by atoms with van der Waals surface area (Å²) in [5.74, 6) is 0. The molecule has 1 aromatic carbocycles. The second-order valence-electron chi connectivity index (χ2n) is 4.76. The molecule has 0 radical (unpaired) electrons. The van der Waals surface area contributed by atoms with Crippen molar-refractivity contribution in [3.63, 3.8) is 0 Å². The predicted molar refractivity (Wildman–Crippen MR) is 68.6 cm³/mol. The molecule has 0 fully saturated rings. The fourth-order valence-electron chi connectivity index (χ4n) is 1.54. The van der Waals surface area contributed by atoms with E-state index in [-0.39, 0.29) is 17.9 Å². The van der Waals surface area contributed by atoms with E-state index in [1.54, 1.807) is 19.2 Å². The average Bonchev–Trinajstić information content (AvgIpc) is 2.36. The van der Waals surface area contributed by atoms with Gasteiger partial charge in [0, 0.05) is 18.8 Å². The number of likely N-dealkylation sites (N-methyl/N-ethyl adjacent to an activating group) is 1. The second-order valence-corrected chi connectivity index (χ2v) is 4.76. The molecule has 6 heteroatoms. The van der Waals surface area contributed by atoms with Crippen molar-refractivity contribution in [1.29, 1.82) is 0 Å². The summed E-state index contributed by atoms with van der Waals surface area (Å²) in [6.45, 7) is 3.27. The third-order valence-corrected chi connectivity index (χ3v) is 3.11. The zero-order valence-corrected chi connectivity index (χ0v) is 10.8. The Kier molecular flexibility index (Phi) is 4.26. The van der Waals surface area contributed by atoms with E-state index in [4.69, 9.17) is 5.11 Å². The Bertz CT molecular complexity index is 446. The lowest BCUT2D eigenvalue weighted by Gasteiger charge is -2.36. The number of hydrogen-bond donors (Lipinski definition) is 2. The van der Waals surface area contributed by atoms with E-state index in [0.717, 1.165) is 0 Å². The van der Waals surface area contributed by atoms with Crippen molar-refractivity contribution in [1.82, 2.24) is 0 Å². The number of anilines is 1. The minimum absolute atomic E-state index is 0.0467. The molecule has 2 N–H and O–H groups in total. The van der Waals surface area contributed by atoms with Crippen molar-refractivity contribution in [3.05, 3.63) is 33.9 Å². The summed E-state index contributed by atoms with van der Waals surface area (Å²) in [6, 6.07) is 4.54. The molecular formula is C12H18N2O4. The first-order valence-electron chi connectivity index (χ1n) is 5.56. The molecule has 0 aliphatic rings. The van der Waals surface area contributed by atoms with Gasteiger partial charge in [0.2, 0.25) is 0 Å². The van der Waals surface area contributed by atoms with Crippen LogP contribution in [0.5, 0.6) is 0 Å². The fourth-order valence-corrected chi connectivity index (χ4v) is 1.54. The average molecular weight is 254 g/mol. The van der Waals surface area contributed by atoms with Crippen LogP contribution < -0.4 is 4.90 Å². The molecule has 18 heavy (non-hydrogen) atoms. The molecule has 0 heterocycles. The lowest BCUT2D eigenvalue weighted by molar-refractivity contribution is -0.385. The van der Waals surface area contributed by atoms with Crippen LogP contribution in [0.15, 0.2) is 18.2 Å². The first-order valence-corrected chi connectivity index (χ1v) is 5.56. The Morgan fingerprint density at radius 3 is 2.44 bits per heavy atom. The molecule has 0 spiro atoms. The van der Waals surface area contributed by atoms with Crippen LogP contribution in [0.4, 0.5) is 11.4 Å². The van der Waals surface area contributed by atoms with Gasteiger partial charge in [0.25, 0.3) is 5.69 Å². The van der Waals surface area contributed by atoms with Crippen LogP contribution >= 0.6 is 0 Å². The zero-order valence-electron chi connectivity index (χ0n) is 10.8. The van der Waals surface area contributed by atoms with Gasteiger partial charge in [-0.25, -0.2) is 0 Å². The number of benzene rings is 1. The summed E-state index contributed by atoms with van der Waals surface area (Å²) in [6.07, 6.45) is 0. The summed E-state index contributed by atoms with van der Waals surface area (Å²) >= 11 is 0. The Morgan fingerprint density at radius 1 is 1.39 bits per heavy atom. The lowest BCUT2D eigenvalue weighted by Crippen LogP contribution is -2.44. The molecule has 1 aromatic rings. The van der Waals surface area contributed by atoms with Crippen LogP contribution in [0, 0.1) is 10.1 Å². The van der Waals surface area contributed by atoms with Crippen molar-refractivity contribution in [2.24, 2.45) is 0 Å². The highest BCUT2D eigenvalue weighted by atomic mass is 16.6. The number of nitro benzene ring substituents is 1. The van der Waals surface area contributed by atoms with Gasteiger partial charge in [0.05, 0.1) is 29.2 Å². The number of hydrogen-bond acceptors (Lipinski definition) is 5. The largest absolute Gasteiger partial charge is 0.394 e. The number of aliphatic hydroxyl groups is 2. The van der Waals surface area contributed by atoms with Crippen molar-refractivity contribution in [2.45, 2.75) is 26.0 Å². The molecule has 0 amide bonds. The first-order chi connectivity index (χ1) is 8.33. The molecule has 0 aliphatic carbocycles. The van der Waals surface area contributed by atoms with Gasteiger partial charge in [-0.1, -0.05) is 0 Å². The number of rotatable bonds is 5. The summed E-state index contributed by atoms with van der Waals surface area (Å²) < 4.78 is 0. The maximum Gasteiger partial charge on any atom is 0.275 e. The summed E-state index contributed by atoms with van der Waals surface area (Å²) in [5, 5.41) is 29.2. The van der Waals surface area contributed by atoms with Crippen LogP contribution in [0.3, 0.4) is 0 Å². The Hall–Kier alpha value is -1.66. The maximum atomic E-state index is 10.8. The third-order valence-electron chi connectivity index (χ3n) is 3.11. The number of aliphatic hydroxyl groups excluding tert-OH is 2. The van der Waals surface area contributed by atoms with E-state index >= 15 is 0 Å². The van der Waals surface area contributed by atoms with E-state index in [2.05, 4.69) is 0 Å². The van der Waals surface area contributed by atoms with Gasteiger partial charge in [-0.2, -0.15) is 0 Å². The van der Waals surface area contributed by atoms with Crippen molar-refractivity contribution in [2.75, 3.05) is 18.6 Å². The molecule has 0 aromatic heterocycles. The maximum absolute atomic E-state index is 10.8. The van der Waals surface area contributed by atoms with Crippen LogP contribution in [0.2, 0.25) is 0 Å². The molecule has 1 rings (SSSR count). The summed E-state index contributed by atoms with van der Waals surface area (Å²) in [5.41, 5.74) is 0.390. The fraction of sp³-hybridized carbons (Fsp3) is 0.500. The monoisotopic (exact) mass is 254 g/mol. The smallest absolute Gasteiger partial charge is 0.275 e. The van der Waals surface area contributed by atoms with Gasteiger partial charge >= 0.3 is 0 Å². The minimum atomic E-state index is -0.521. The second kappa shape index (κ2) is 5.32. The van der Waals surface area contributed by atoms with Gasteiger partial charge in [0.15, 0.2) is 0 Å². The van der Waals surface area contributed by atoms with Gasteiger partial charge in [0.1, 0.15) is 0 Å². The molecule has 0 atom stereocenters. The molecule has 100 valence electrons. The third kappa shape index (κ3) is 2.77. The molecule has 6 nitrogen and oxygen atoms in total. The lowest BCUT2D eigenvalue weighted by atomic mass is 10.0. The van der Waals surface area contributed by atoms with Crippen molar-refractivity contribution in [3.8, 4) is 0 Å². The van der Waals surface area contributed by atoms with E-state index in [1.807, 2.05) is 18.7 Å². The molecule has 0 saturated heterocycles. The van der Waals surface area contributed by atoms with E-state index in [0.29, 0.717) is 5.69 Å². The Morgan fingerprint density at radius 2 is 2.00 bits per heavy atom. The van der Waals surface area contributed by atoms with Crippen LogP contribution in [-0.4, -0.2) is 34.3 Å². The van der Waals surface area contributed by atoms with E-state index in [9.17, 15) is 15.2 Å². The first kappa shape index (κ1) is 14.4. The van der Waals surface area contributed by atoms with Gasteiger partial charge < -0.3 is 15.1 Å².